The van der Waals surface area contributed by atoms with E-state index in [2.05, 4.69) is 22.5 Å². The zero-order valence-corrected chi connectivity index (χ0v) is 35.8. The van der Waals surface area contributed by atoms with Gasteiger partial charge in [0.2, 0.25) is 9.70 Å². The molecule has 3 amide bonds. The molecule has 3 N–H and O–H groups in total. The van der Waals surface area contributed by atoms with Crippen molar-refractivity contribution in [3.8, 4) is 0 Å². The highest BCUT2D eigenvalue weighted by Crippen LogP contribution is 2.29. The summed E-state index contributed by atoms with van der Waals surface area (Å²) in [6.07, 6.45) is -5.64. The van der Waals surface area contributed by atoms with Crippen LogP contribution in [-0.4, -0.2) is 84.3 Å². The van der Waals surface area contributed by atoms with Crippen LogP contribution in [0.25, 0.3) is 0 Å². The third-order valence-electron chi connectivity index (χ3n) is 9.13. The predicted octanol–water partition coefficient (Wildman–Crippen LogP) is 7.09. The Morgan fingerprint density at radius 2 is 1.18 bits per heavy atom. The number of hydrogen-bond acceptors (Lipinski definition) is 11. The van der Waals surface area contributed by atoms with Crippen LogP contribution in [0, 0.1) is 0 Å². The van der Waals surface area contributed by atoms with Crippen LogP contribution in [-0.2, 0) is 69.2 Å². The van der Waals surface area contributed by atoms with Crippen LogP contribution in [0.2, 0.25) is 0 Å². The molecule has 17 heteroatoms. The van der Waals surface area contributed by atoms with Crippen molar-refractivity contribution in [3.05, 3.63) is 156 Å². The highest BCUT2D eigenvalue weighted by molar-refractivity contribution is 6.67. The first-order valence-corrected chi connectivity index (χ1v) is 20.7. The maximum absolute atomic E-state index is 14.0. The molecule has 4 aromatic rings. The zero-order chi connectivity index (χ0) is 44.2. The lowest BCUT2D eigenvalue weighted by atomic mass is 9.94. The first-order valence-electron chi connectivity index (χ1n) is 19.6. The van der Waals surface area contributed by atoms with Gasteiger partial charge in [0.25, 0.3) is 0 Å². The summed E-state index contributed by atoms with van der Waals surface area (Å²) in [5.74, 6) is -1.73. The summed E-state index contributed by atoms with van der Waals surface area (Å²) < 4.78 is 39.7. The fraction of sp³-hybridized carbons (Fsp3) is 0.333. The van der Waals surface area contributed by atoms with Crippen LogP contribution in [0.5, 0.6) is 0 Å². The van der Waals surface area contributed by atoms with E-state index < -0.39 is 77.5 Å². The second-order valence-electron chi connectivity index (χ2n) is 13.9. The Hall–Kier alpha value is -5.19. The lowest BCUT2D eigenvalue weighted by Gasteiger charge is -2.46. The van der Waals surface area contributed by atoms with E-state index in [9.17, 15) is 19.2 Å². The van der Waals surface area contributed by atoms with E-state index in [-0.39, 0.29) is 39.6 Å². The monoisotopic (exact) mass is 911 g/mol. The molecular weight excluding hydrogens is 865 g/mol. The molecule has 62 heavy (non-hydrogen) atoms. The highest BCUT2D eigenvalue weighted by Gasteiger charge is 2.49. The van der Waals surface area contributed by atoms with Crippen molar-refractivity contribution in [3.63, 3.8) is 0 Å². The number of ether oxygens (including phenoxy) is 7. The van der Waals surface area contributed by atoms with Crippen molar-refractivity contribution in [2.45, 2.75) is 73.3 Å². The molecule has 4 aromatic carbocycles. The molecule has 5 rings (SSSR count). The summed E-state index contributed by atoms with van der Waals surface area (Å²) >= 11 is 17.7. The van der Waals surface area contributed by atoms with E-state index in [1.807, 2.05) is 97.1 Å². The fourth-order valence-electron chi connectivity index (χ4n) is 6.23. The van der Waals surface area contributed by atoms with Gasteiger partial charge in [-0.2, -0.15) is 0 Å². The maximum Gasteiger partial charge on any atom is 0.408 e. The van der Waals surface area contributed by atoms with Crippen molar-refractivity contribution >= 4 is 58.9 Å². The number of halogens is 3. The van der Waals surface area contributed by atoms with E-state index in [1.165, 1.54) is 6.08 Å². The van der Waals surface area contributed by atoms with Crippen molar-refractivity contribution < 1.29 is 52.3 Å². The van der Waals surface area contributed by atoms with Gasteiger partial charge in [0.15, 0.2) is 6.23 Å². The number of carbonyl (C=O) groups is 4. The minimum atomic E-state index is -1.94. The molecule has 0 aliphatic carbocycles. The molecule has 0 saturated carbocycles. The zero-order valence-electron chi connectivity index (χ0n) is 33.6. The van der Waals surface area contributed by atoms with E-state index in [0.29, 0.717) is 5.56 Å². The van der Waals surface area contributed by atoms with Crippen molar-refractivity contribution in [1.82, 2.24) is 16.0 Å². The Labute approximate surface area is 375 Å². The van der Waals surface area contributed by atoms with Crippen LogP contribution in [0.3, 0.4) is 0 Å². The van der Waals surface area contributed by atoms with Crippen LogP contribution in [0.4, 0.5) is 9.59 Å². The molecule has 330 valence electrons. The van der Waals surface area contributed by atoms with Gasteiger partial charge in [-0.05, 0) is 22.3 Å². The number of amides is 3. The number of benzene rings is 4. The van der Waals surface area contributed by atoms with Crippen LogP contribution in [0.1, 0.15) is 28.7 Å². The number of rotatable bonds is 21. The predicted molar refractivity (Wildman–Crippen MR) is 231 cm³/mol. The largest absolute Gasteiger partial charge is 0.460 e. The summed E-state index contributed by atoms with van der Waals surface area (Å²) in [6, 6.07) is 34.3. The Balaban J connectivity index is 1.44. The fourth-order valence-corrected chi connectivity index (χ4v) is 6.39. The molecule has 1 aliphatic rings. The Morgan fingerprint density at radius 1 is 0.661 bits per heavy atom. The third-order valence-corrected chi connectivity index (χ3v) is 9.46. The van der Waals surface area contributed by atoms with E-state index in [4.69, 9.17) is 68.0 Å². The topological polar surface area (TPSA) is 169 Å². The number of carbonyl (C=O) groups excluding carboxylic acids is 4. The van der Waals surface area contributed by atoms with Gasteiger partial charge in [-0.3, -0.25) is 4.79 Å². The molecule has 1 aliphatic heterocycles. The average molecular weight is 913 g/mol. The normalized spacial score (nSPS) is 19.0. The number of esters is 1. The summed E-state index contributed by atoms with van der Waals surface area (Å²) in [7, 11) is 0. The molecule has 14 nitrogen and oxygen atoms in total. The molecule has 0 aromatic heterocycles. The number of hydrogen-bond donors (Lipinski definition) is 3. The van der Waals surface area contributed by atoms with Crippen LogP contribution >= 0.6 is 34.8 Å². The summed E-state index contributed by atoms with van der Waals surface area (Å²) in [4.78, 5) is 53.5. The molecule has 0 spiro atoms. The van der Waals surface area contributed by atoms with Gasteiger partial charge >= 0.3 is 18.2 Å². The van der Waals surface area contributed by atoms with Gasteiger partial charge in [-0.1, -0.05) is 169 Å². The lowest BCUT2D eigenvalue weighted by Crippen LogP contribution is -2.69. The summed E-state index contributed by atoms with van der Waals surface area (Å²) in [5.41, 5.74) is 3.22. The average Bonchev–Trinajstić information content (AvgIpc) is 3.27. The SMILES string of the molecule is C=CCOC(=O)C(CC(=O)N[C@@H]1O[C@H](COCc2ccccc2)[C@@H](OCc2ccccc2)[C@H](OCc2ccccc2)[C@H]1NC(=O)OCC(Cl)(Cl)Cl)NC(=O)OCc1ccccc1. The number of alkyl carbamates (subject to hydrolysis) is 2. The first kappa shape index (κ1) is 47.9. The molecule has 1 heterocycles. The molecule has 0 bridgehead atoms. The molecule has 1 saturated heterocycles. The second-order valence-corrected chi connectivity index (χ2v) is 16.4. The molecular formula is C45H48Cl3N3O11. The smallest absolute Gasteiger partial charge is 0.408 e. The van der Waals surface area contributed by atoms with E-state index >= 15 is 0 Å². The van der Waals surface area contributed by atoms with Crippen LogP contribution < -0.4 is 16.0 Å². The van der Waals surface area contributed by atoms with Gasteiger partial charge < -0.3 is 49.1 Å². The first-order chi connectivity index (χ1) is 30.0. The third kappa shape index (κ3) is 16.6. The van der Waals surface area contributed by atoms with Gasteiger partial charge in [0, 0.05) is 0 Å². The minimum Gasteiger partial charge on any atom is -0.460 e. The van der Waals surface area contributed by atoms with Gasteiger partial charge in [0.05, 0.1) is 32.8 Å². The van der Waals surface area contributed by atoms with Gasteiger partial charge in [-0.25, -0.2) is 14.4 Å². The number of nitrogens with one attached hydrogen (secondary N) is 3. The highest BCUT2D eigenvalue weighted by atomic mass is 35.6. The quantitative estimate of drug-likeness (QED) is 0.0338. The molecule has 1 unspecified atom stereocenters. The van der Waals surface area contributed by atoms with Gasteiger partial charge in [-0.15, -0.1) is 0 Å². The van der Waals surface area contributed by atoms with E-state index in [0.717, 1.165) is 16.7 Å². The Kier molecular flexibility index (Phi) is 19.3. The Morgan fingerprint density at radius 3 is 1.71 bits per heavy atom. The van der Waals surface area contributed by atoms with E-state index in [1.54, 1.807) is 24.3 Å². The summed E-state index contributed by atoms with van der Waals surface area (Å²) in [5, 5.41) is 7.89. The van der Waals surface area contributed by atoms with Crippen molar-refractivity contribution in [1.29, 1.82) is 0 Å². The standard InChI is InChI=1S/C45H48Cl3N3O11/c1-2-23-57-42(53)35(49-43(54)60-28-34-21-13-6-14-22-34)24-37(52)50-41-38(51-44(55)61-30-45(46,47)48)40(59-27-33-19-11-5-12-20-33)39(58-26-32-17-9-4-10-18-32)36(62-41)29-56-25-31-15-7-3-8-16-31/h2-22,35-36,38-41H,1,23-30H2,(H,49,54)(H,50,52)(H,51,55)/t35?,36-,38-,39-,40-,41-/m1/s1. The van der Waals surface area contributed by atoms with Gasteiger partial charge in [0.1, 0.15) is 50.2 Å². The maximum atomic E-state index is 14.0. The summed E-state index contributed by atoms with van der Waals surface area (Å²) in [6.45, 7) is 2.95. The molecule has 0 radical (unpaired) electrons. The lowest BCUT2D eigenvalue weighted by molar-refractivity contribution is -0.236. The number of alkyl halides is 3. The minimum absolute atomic E-state index is 0.0442. The second kappa shape index (κ2) is 25.1. The Bertz CT molecular complexity index is 2000. The molecule has 1 fully saturated rings. The van der Waals surface area contributed by atoms with Crippen LogP contribution in [0.15, 0.2) is 134 Å². The van der Waals surface area contributed by atoms with Crippen molar-refractivity contribution in [2.75, 3.05) is 19.8 Å². The van der Waals surface area contributed by atoms with Crippen molar-refractivity contribution in [2.24, 2.45) is 0 Å². The molecule has 6 atom stereocenters.